The zero-order valence-corrected chi connectivity index (χ0v) is 11.0. The molecule has 1 rings (SSSR count). The first-order chi connectivity index (χ1) is 8.29. The van der Waals surface area contributed by atoms with Crippen LogP contribution in [0.3, 0.4) is 0 Å². The van der Waals surface area contributed by atoms with Gasteiger partial charge in [0, 0.05) is 5.56 Å². The van der Waals surface area contributed by atoms with E-state index in [-0.39, 0.29) is 0 Å². The van der Waals surface area contributed by atoms with Gasteiger partial charge in [0.1, 0.15) is 5.75 Å². The SMILES string of the molecule is [CH]=C(CC)c1cc[c]cc1OCCCCCC. The molecule has 0 atom stereocenters. The van der Waals surface area contributed by atoms with Gasteiger partial charge < -0.3 is 4.74 Å². The number of unbranched alkanes of at least 4 members (excludes halogenated alkanes) is 3. The second-order valence-electron chi connectivity index (χ2n) is 4.21. The second kappa shape index (κ2) is 7.94. The van der Waals surface area contributed by atoms with Gasteiger partial charge in [-0.15, -0.1) is 0 Å². The molecule has 2 radical (unpaired) electrons. The van der Waals surface area contributed by atoms with Crippen LogP contribution in [0.1, 0.15) is 51.5 Å². The molecule has 17 heavy (non-hydrogen) atoms. The number of ether oxygens (including phenoxy) is 1. The summed E-state index contributed by atoms with van der Waals surface area (Å²) in [7, 11) is 0. The first-order valence-electron chi connectivity index (χ1n) is 6.54. The minimum absolute atomic E-state index is 0.766. The Bertz CT molecular complexity index is 341. The van der Waals surface area contributed by atoms with Crippen molar-refractivity contribution in [3.63, 3.8) is 0 Å². The van der Waals surface area contributed by atoms with Crippen LogP contribution in [0, 0.1) is 12.6 Å². The van der Waals surface area contributed by atoms with Crippen LogP contribution in [0.25, 0.3) is 5.57 Å². The van der Waals surface area contributed by atoms with Crippen LogP contribution in [0.15, 0.2) is 18.2 Å². The normalized spacial score (nSPS) is 10.2. The van der Waals surface area contributed by atoms with Gasteiger partial charge in [0.2, 0.25) is 0 Å². The summed E-state index contributed by atoms with van der Waals surface area (Å²) >= 11 is 0. The topological polar surface area (TPSA) is 9.23 Å². The van der Waals surface area contributed by atoms with Crippen LogP contribution in [-0.2, 0) is 0 Å². The fraction of sp³-hybridized carbons (Fsp3) is 0.500. The Balaban J connectivity index is 2.49. The number of allylic oxidation sites excluding steroid dienone is 1. The first kappa shape index (κ1) is 13.8. The largest absolute Gasteiger partial charge is 0.493 e. The Kier molecular flexibility index (Phi) is 6.46. The summed E-state index contributed by atoms with van der Waals surface area (Å²) in [5.41, 5.74) is 1.89. The summed E-state index contributed by atoms with van der Waals surface area (Å²) in [6.45, 7) is 11.0. The van der Waals surface area contributed by atoms with Crippen LogP contribution in [-0.4, -0.2) is 6.61 Å². The van der Waals surface area contributed by atoms with Gasteiger partial charge in [-0.1, -0.05) is 51.8 Å². The minimum Gasteiger partial charge on any atom is -0.493 e. The molecule has 0 bridgehead atoms. The van der Waals surface area contributed by atoms with Crippen molar-refractivity contribution in [2.75, 3.05) is 6.61 Å². The number of hydrogen-bond acceptors (Lipinski definition) is 1. The fourth-order valence-corrected chi connectivity index (χ4v) is 1.70. The highest BCUT2D eigenvalue weighted by Gasteiger charge is 2.05. The Morgan fingerprint density at radius 3 is 2.82 bits per heavy atom. The summed E-state index contributed by atoms with van der Waals surface area (Å²) in [4.78, 5) is 0. The number of benzene rings is 1. The van der Waals surface area contributed by atoms with Crippen molar-refractivity contribution in [2.24, 2.45) is 0 Å². The molecule has 0 N–H and O–H groups in total. The van der Waals surface area contributed by atoms with Gasteiger partial charge in [0.25, 0.3) is 0 Å². The Hall–Kier alpha value is -1.24. The highest BCUT2D eigenvalue weighted by atomic mass is 16.5. The van der Waals surface area contributed by atoms with Gasteiger partial charge in [-0.05, 0) is 30.5 Å². The average Bonchev–Trinajstić information content (AvgIpc) is 2.38. The fourth-order valence-electron chi connectivity index (χ4n) is 1.70. The Morgan fingerprint density at radius 2 is 2.12 bits per heavy atom. The summed E-state index contributed by atoms with van der Waals surface area (Å²) in [6, 6.07) is 8.76. The molecule has 0 heterocycles. The van der Waals surface area contributed by atoms with Gasteiger partial charge in [0.05, 0.1) is 6.61 Å². The van der Waals surface area contributed by atoms with Gasteiger partial charge in [0.15, 0.2) is 0 Å². The van der Waals surface area contributed by atoms with Crippen LogP contribution < -0.4 is 4.74 Å². The Morgan fingerprint density at radius 1 is 1.29 bits per heavy atom. The molecule has 0 aliphatic carbocycles. The monoisotopic (exact) mass is 230 g/mol. The van der Waals surface area contributed by atoms with E-state index in [1.54, 1.807) is 0 Å². The van der Waals surface area contributed by atoms with Crippen molar-refractivity contribution in [1.82, 2.24) is 0 Å². The van der Waals surface area contributed by atoms with E-state index in [9.17, 15) is 0 Å². The number of hydrogen-bond donors (Lipinski definition) is 0. The predicted molar refractivity (Wildman–Crippen MR) is 72.9 cm³/mol. The molecule has 1 aromatic rings. The standard InChI is InChI=1S/C16H22O/c1-4-6-7-10-13-17-16-12-9-8-11-15(16)14(3)5-2/h3,8,11-12H,4-7,10,13H2,1-2H3. The van der Waals surface area contributed by atoms with Crippen LogP contribution >= 0.6 is 0 Å². The molecule has 0 saturated heterocycles. The molecule has 1 nitrogen and oxygen atoms in total. The van der Waals surface area contributed by atoms with Crippen molar-refractivity contribution in [3.8, 4) is 5.75 Å². The van der Waals surface area contributed by atoms with E-state index in [2.05, 4.69) is 19.9 Å². The zero-order chi connectivity index (χ0) is 12.5. The molecule has 0 amide bonds. The average molecular weight is 230 g/mol. The molecular weight excluding hydrogens is 208 g/mol. The van der Waals surface area contributed by atoms with Crippen molar-refractivity contribution < 1.29 is 4.74 Å². The maximum Gasteiger partial charge on any atom is 0.127 e. The van der Waals surface area contributed by atoms with Crippen molar-refractivity contribution in [2.45, 2.75) is 46.0 Å². The molecule has 0 aromatic heterocycles. The van der Waals surface area contributed by atoms with E-state index in [1.165, 1.54) is 19.3 Å². The first-order valence-corrected chi connectivity index (χ1v) is 6.54. The lowest BCUT2D eigenvalue weighted by Gasteiger charge is -2.11. The summed E-state index contributed by atoms with van der Waals surface area (Å²) < 4.78 is 5.77. The van der Waals surface area contributed by atoms with Crippen molar-refractivity contribution in [1.29, 1.82) is 0 Å². The molecule has 0 saturated carbocycles. The van der Waals surface area contributed by atoms with Crippen LogP contribution in [0.4, 0.5) is 0 Å². The maximum absolute atomic E-state index is 5.97. The highest BCUT2D eigenvalue weighted by Crippen LogP contribution is 2.26. The van der Waals surface area contributed by atoms with Gasteiger partial charge in [-0.25, -0.2) is 0 Å². The van der Waals surface area contributed by atoms with E-state index in [4.69, 9.17) is 11.3 Å². The molecule has 0 aliphatic rings. The third-order valence-electron chi connectivity index (χ3n) is 2.81. The zero-order valence-electron chi connectivity index (χ0n) is 11.0. The van der Waals surface area contributed by atoms with E-state index in [0.717, 1.165) is 36.3 Å². The van der Waals surface area contributed by atoms with Crippen LogP contribution in [0.5, 0.6) is 5.75 Å². The molecule has 92 valence electrons. The quantitative estimate of drug-likeness (QED) is 0.589. The third-order valence-corrected chi connectivity index (χ3v) is 2.81. The van der Waals surface area contributed by atoms with Crippen molar-refractivity contribution >= 4 is 5.57 Å². The summed E-state index contributed by atoms with van der Waals surface area (Å²) in [5.74, 6) is 0.864. The second-order valence-corrected chi connectivity index (χ2v) is 4.21. The maximum atomic E-state index is 5.97. The summed E-state index contributed by atoms with van der Waals surface area (Å²) in [5, 5.41) is 0. The molecule has 1 aromatic carbocycles. The predicted octanol–water partition coefficient (Wildman–Crippen LogP) is 4.67. The van der Waals surface area contributed by atoms with Crippen LogP contribution in [0.2, 0.25) is 0 Å². The third kappa shape index (κ3) is 4.64. The van der Waals surface area contributed by atoms with E-state index < -0.39 is 0 Å². The molecule has 0 unspecified atom stereocenters. The molecule has 0 fully saturated rings. The van der Waals surface area contributed by atoms with Crippen molar-refractivity contribution in [3.05, 3.63) is 36.4 Å². The summed E-state index contributed by atoms with van der Waals surface area (Å²) in [6.07, 6.45) is 5.71. The van der Waals surface area contributed by atoms with E-state index in [0.29, 0.717) is 0 Å². The molecule has 0 aliphatic heterocycles. The molecule has 1 heteroatoms. The lowest BCUT2D eigenvalue weighted by Crippen LogP contribution is -1.99. The van der Waals surface area contributed by atoms with E-state index in [1.807, 2.05) is 18.2 Å². The van der Waals surface area contributed by atoms with E-state index >= 15 is 0 Å². The molecule has 0 spiro atoms. The highest BCUT2D eigenvalue weighted by molar-refractivity contribution is 5.67. The molecular formula is C16H22O. The lowest BCUT2D eigenvalue weighted by molar-refractivity contribution is 0.304. The minimum atomic E-state index is 0.766. The number of rotatable bonds is 8. The van der Waals surface area contributed by atoms with Gasteiger partial charge in [-0.3, -0.25) is 0 Å². The van der Waals surface area contributed by atoms with Gasteiger partial charge in [-0.2, -0.15) is 0 Å². The smallest absolute Gasteiger partial charge is 0.127 e. The Labute approximate surface area is 106 Å². The lowest BCUT2D eigenvalue weighted by atomic mass is 10.0. The van der Waals surface area contributed by atoms with Gasteiger partial charge >= 0.3 is 0 Å².